The molecule has 0 rings (SSSR count). The minimum absolute atomic E-state index is 0.986. The quantitative estimate of drug-likeness (QED) is 0.544. The first-order valence-corrected chi connectivity index (χ1v) is 4.35. The number of rotatable bonds is 3. The van der Waals surface area contributed by atoms with Gasteiger partial charge < -0.3 is 0 Å². The van der Waals surface area contributed by atoms with Crippen LogP contribution in [-0.2, 0) is 0 Å². The monoisotopic (exact) mass is 130 g/mol. The third-order valence-electron chi connectivity index (χ3n) is 1.73. The smallest absolute Gasteiger partial charge is 0.0422 e. The number of hydrogen-bond donors (Lipinski definition) is 0. The molecule has 0 aliphatic heterocycles. The minimum Gasteiger partial charge on any atom is -0.0683 e. The van der Waals surface area contributed by atoms with E-state index in [0.29, 0.717) is 0 Å². The van der Waals surface area contributed by atoms with Gasteiger partial charge in [-0.3, -0.25) is 0 Å². The van der Waals surface area contributed by atoms with Crippen molar-refractivity contribution in [3.63, 3.8) is 0 Å². The average molecular weight is 130 g/mol. The second-order valence-electron chi connectivity index (χ2n) is 2.09. The molecule has 0 unspecified atom stereocenters. The Bertz CT molecular complexity index is 21.5. The average Bonchev–Trinajstić information content (AvgIpc) is 1.96. The lowest BCUT2D eigenvalue weighted by molar-refractivity contribution is 0.477. The van der Waals surface area contributed by atoms with Gasteiger partial charge in [0.2, 0.25) is 0 Å². The van der Waals surface area contributed by atoms with E-state index >= 15 is 0 Å². The van der Waals surface area contributed by atoms with Crippen LogP contribution in [0.15, 0.2) is 0 Å². The highest BCUT2D eigenvalue weighted by atomic mass is 14.0. The lowest BCUT2D eigenvalue weighted by Crippen LogP contribution is -1.91. The van der Waals surface area contributed by atoms with Gasteiger partial charge in [-0.15, -0.1) is 0 Å². The first-order chi connectivity index (χ1) is 4.35. The topological polar surface area (TPSA) is 0 Å². The van der Waals surface area contributed by atoms with Crippen LogP contribution in [0.2, 0.25) is 0 Å². The second kappa shape index (κ2) is 10.9. The van der Waals surface area contributed by atoms with Crippen molar-refractivity contribution in [2.45, 2.75) is 53.9 Å². The van der Waals surface area contributed by atoms with Crippen LogP contribution < -0.4 is 0 Å². The van der Waals surface area contributed by atoms with Crippen molar-refractivity contribution in [2.24, 2.45) is 5.92 Å². The summed E-state index contributed by atoms with van der Waals surface area (Å²) in [6, 6.07) is 0. The molecule has 0 aliphatic carbocycles. The molecule has 0 aromatic heterocycles. The third kappa shape index (κ3) is 8.00. The zero-order chi connectivity index (χ0) is 7.70. The molecular formula is C9H22. The van der Waals surface area contributed by atoms with E-state index in [1.165, 1.54) is 19.3 Å². The van der Waals surface area contributed by atoms with Crippen LogP contribution >= 0.6 is 0 Å². The van der Waals surface area contributed by atoms with E-state index in [1.807, 2.05) is 13.8 Å². The predicted octanol–water partition coefficient (Wildman–Crippen LogP) is 3.86. The van der Waals surface area contributed by atoms with Crippen LogP contribution in [0, 0.1) is 5.92 Å². The number of hydrogen-bond acceptors (Lipinski definition) is 0. The molecule has 0 aliphatic rings. The molecule has 0 heterocycles. The molecule has 0 nitrogen and oxygen atoms in total. The molecule has 0 atom stereocenters. The van der Waals surface area contributed by atoms with Crippen LogP contribution in [0.4, 0.5) is 0 Å². The van der Waals surface area contributed by atoms with Crippen LogP contribution in [0.5, 0.6) is 0 Å². The van der Waals surface area contributed by atoms with Crippen molar-refractivity contribution in [3.8, 4) is 0 Å². The van der Waals surface area contributed by atoms with Crippen molar-refractivity contribution in [3.05, 3.63) is 0 Å². The van der Waals surface area contributed by atoms with Crippen LogP contribution in [0.25, 0.3) is 0 Å². The first kappa shape index (κ1) is 11.8. The van der Waals surface area contributed by atoms with Gasteiger partial charge in [0.25, 0.3) is 0 Å². The normalized spacial score (nSPS) is 8.67. The van der Waals surface area contributed by atoms with Gasteiger partial charge >= 0.3 is 0 Å². The lowest BCUT2D eigenvalue weighted by atomic mass is 10.0. The molecule has 9 heavy (non-hydrogen) atoms. The molecule has 0 amide bonds. The molecule has 0 aromatic carbocycles. The zero-order valence-corrected chi connectivity index (χ0v) is 7.70. The SMILES string of the molecule is CC.CCC(CC)CC. The van der Waals surface area contributed by atoms with Gasteiger partial charge in [-0.05, 0) is 5.92 Å². The van der Waals surface area contributed by atoms with E-state index in [4.69, 9.17) is 0 Å². The maximum absolute atomic E-state index is 2.26. The summed E-state index contributed by atoms with van der Waals surface area (Å²) in [6.07, 6.45) is 4.06. The summed E-state index contributed by atoms with van der Waals surface area (Å²) < 4.78 is 0. The highest BCUT2D eigenvalue weighted by Gasteiger charge is 1.95. The second-order valence-corrected chi connectivity index (χ2v) is 2.09. The third-order valence-corrected chi connectivity index (χ3v) is 1.73. The maximum atomic E-state index is 2.26. The molecule has 0 aromatic rings. The van der Waals surface area contributed by atoms with E-state index in [9.17, 15) is 0 Å². The van der Waals surface area contributed by atoms with E-state index < -0.39 is 0 Å². The van der Waals surface area contributed by atoms with Crippen molar-refractivity contribution in [1.82, 2.24) is 0 Å². The molecule has 0 radical (unpaired) electrons. The zero-order valence-electron chi connectivity index (χ0n) is 7.70. The molecule has 0 heteroatoms. The summed E-state index contributed by atoms with van der Waals surface area (Å²) in [7, 11) is 0. The van der Waals surface area contributed by atoms with Crippen molar-refractivity contribution in [1.29, 1.82) is 0 Å². The Hall–Kier alpha value is 0. The van der Waals surface area contributed by atoms with Crippen LogP contribution in [-0.4, -0.2) is 0 Å². The van der Waals surface area contributed by atoms with E-state index in [0.717, 1.165) is 5.92 Å². The molecular weight excluding hydrogens is 108 g/mol. The van der Waals surface area contributed by atoms with Gasteiger partial charge in [0.1, 0.15) is 0 Å². The molecule has 0 spiro atoms. The lowest BCUT2D eigenvalue weighted by Gasteiger charge is -2.05. The molecule has 0 saturated heterocycles. The molecule has 58 valence electrons. The van der Waals surface area contributed by atoms with Crippen LogP contribution in [0.1, 0.15) is 53.9 Å². The van der Waals surface area contributed by atoms with Crippen LogP contribution in [0.3, 0.4) is 0 Å². The fraction of sp³-hybridized carbons (Fsp3) is 1.00. The Morgan fingerprint density at radius 1 is 0.778 bits per heavy atom. The minimum atomic E-state index is 0.986. The Kier molecular flexibility index (Phi) is 14.2. The van der Waals surface area contributed by atoms with Crippen molar-refractivity contribution in [2.75, 3.05) is 0 Å². The molecule has 0 N–H and O–H groups in total. The van der Waals surface area contributed by atoms with Gasteiger partial charge in [0.15, 0.2) is 0 Å². The van der Waals surface area contributed by atoms with Gasteiger partial charge in [-0.2, -0.15) is 0 Å². The molecule has 0 fully saturated rings. The summed E-state index contributed by atoms with van der Waals surface area (Å²) in [6.45, 7) is 10.8. The van der Waals surface area contributed by atoms with E-state index in [-0.39, 0.29) is 0 Å². The fourth-order valence-electron chi connectivity index (χ4n) is 0.866. The maximum Gasteiger partial charge on any atom is -0.0422 e. The van der Waals surface area contributed by atoms with E-state index in [1.54, 1.807) is 0 Å². The standard InChI is InChI=1S/C7H16.C2H6/c1-4-7(5-2)6-3;1-2/h7H,4-6H2,1-3H3;1-2H3. The van der Waals surface area contributed by atoms with E-state index in [2.05, 4.69) is 20.8 Å². The fourth-order valence-corrected chi connectivity index (χ4v) is 0.866. The summed E-state index contributed by atoms with van der Waals surface area (Å²) in [5.74, 6) is 0.986. The van der Waals surface area contributed by atoms with Gasteiger partial charge in [0.05, 0.1) is 0 Å². The first-order valence-electron chi connectivity index (χ1n) is 4.35. The predicted molar refractivity (Wildman–Crippen MR) is 45.7 cm³/mol. The van der Waals surface area contributed by atoms with Crippen molar-refractivity contribution >= 4 is 0 Å². The van der Waals surface area contributed by atoms with Gasteiger partial charge in [-0.25, -0.2) is 0 Å². The summed E-state index contributed by atoms with van der Waals surface area (Å²) in [4.78, 5) is 0. The Balaban J connectivity index is 0. The summed E-state index contributed by atoms with van der Waals surface area (Å²) in [5.41, 5.74) is 0. The Morgan fingerprint density at radius 3 is 1.00 bits per heavy atom. The highest BCUT2D eigenvalue weighted by molar-refractivity contribution is 4.48. The largest absolute Gasteiger partial charge is 0.0683 e. The molecule has 0 saturated carbocycles. The Labute approximate surface area is 60.7 Å². The molecule has 0 bridgehead atoms. The Morgan fingerprint density at radius 2 is 1.00 bits per heavy atom. The summed E-state index contributed by atoms with van der Waals surface area (Å²) in [5, 5.41) is 0. The highest BCUT2D eigenvalue weighted by Crippen LogP contribution is 2.09. The van der Waals surface area contributed by atoms with Gasteiger partial charge in [0, 0.05) is 0 Å². The van der Waals surface area contributed by atoms with Gasteiger partial charge in [-0.1, -0.05) is 53.9 Å². The van der Waals surface area contributed by atoms with Crippen molar-refractivity contribution < 1.29 is 0 Å². The summed E-state index contributed by atoms with van der Waals surface area (Å²) >= 11 is 0.